The van der Waals surface area contributed by atoms with E-state index in [1.54, 1.807) is 0 Å². The molecule has 0 spiro atoms. The Bertz CT molecular complexity index is 341. The van der Waals surface area contributed by atoms with E-state index in [0.717, 1.165) is 26.2 Å². The molecule has 7 heteroatoms. The minimum absolute atomic E-state index is 0.105. The van der Waals surface area contributed by atoms with E-state index in [-0.39, 0.29) is 18.9 Å². The number of methoxy groups -OCH3 is 1. The highest BCUT2D eigenvalue weighted by molar-refractivity contribution is 5.85. The van der Waals surface area contributed by atoms with Crippen LogP contribution >= 0.6 is 0 Å². The lowest BCUT2D eigenvalue weighted by Gasteiger charge is -2.40. The van der Waals surface area contributed by atoms with Gasteiger partial charge in [-0.1, -0.05) is 0 Å². The van der Waals surface area contributed by atoms with Gasteiger partial charge in [-0.25, -0.2) is 0 Å². The molecule has 0 radical (unpaired) electrons. The Morgan fingerprint density at radius 1 is 1.40 bits per heavy atom. The van der Waals surface area contributed by atoms with Gasteiger partial charge in [0, 0.05) is 39.8 Å². The maximum Gasteiger partial charge on any atom is 0.306 e. The Morgan fingerprint density at radius 3 is 2.50 bits per heavy atom. The molecule has 0 aliphatic carbocycles. The van der Waals surface area contributed by atoms with Gasteiger partial charge in [0.05, 0.1) is 18.1 Å². The Kier molecular flexibility index (Phi) is 6.38. The number of hydrogen-bond acceptors (Lipinski definition) is 5. The molecule has 1 amide bonds. The average Bonchev–Trinajstić information content (AvgIpc) is 2.43. The van der Waals surface area contributed by atoms with Crippen molar-refractivity contribution in [1.29, 1.82) is 0 Å². The molecule has 1 fully saturated rings. The van der Waals surface area contributed by atoms with E-state index in [9.17, 15) is 9.59 Å². The summed E-state index contributed by atoms with van der Waals surface area (Å²) in [6.45, 7) is 7.36. The third-order valence-corrected chi connectivity index (χ3v) is 3.69. The molecule has 7 nitrogen and oxygen atoms in total. The number of aliphatic carboxylic acids is 1. The fourth-order valence-electron chi connectivity index (χ4n) is 2.22. The van der Waals surface area contributed by atoms with Crippen LogP contribution in [0.5, 0.6) is 0 Å². The molecular formula is C13H25N3O4. The van der Waals surface area contributed by atoms with Crippen molar-refractivity contribution in [2.45, 2.75) is 31.9 Å². The van der Waals surface area contributed by atoms with E-state index < -0.39 is 17.6 Å². The molecule has 1 atom stereocenters. The second kappa shape index (κ2) is 7.56. The summed E-state index contributed by atoms with van der Waals surface area (Å²) < 4.78 is 5.05. The zero-order chi connectivity index (χ0) is 15.2. The fourth-order valence-corrected chi connectivity index (χ4v) is 2.22. The van der Waals surface area contributed by atoms with Crippen molar-refractivity contribution in [2.75, 3.05) is 39.8 Å². The van der Waals surface area contributed by atoms with Crippen molar-refractivity contribution < 1.29 is 19.4 Å². The summed E-state index contributed by atoms with van der Waals surface area (Å²) in [4.78, 5) is 25.1. The van der Waals surface area contributed by atoms with Crippen LogP contribution in [-0.4, -0.2) is 73.4 Å². The number of carbonyl (C=O) groups is 2. The van der Waals surface area contributed by atoms with Crippen LogP contribution in [0.1, 0.15) is 20.3 Å². The highest BCUT2D eigenvalue weighted by atomic mass is 16.5. The predicted molar refractivity (Wildman–Crippen MR) is 74.6 cm³/mol. The monoisotopic (exact) mass is 287 g/mol. The van der Waals surface area contributed by atoms with Crippen LogP contribution in [0.4, 0.5) is 0 Å². The number of carbonyl (C=O) groups excluding carboxylic acids is 1. The molecule has 0 aromatic carbocycles. The Hall–Kier alpha value is -1.18. The Morgan fingerprint density at radius 2 is 2.00 bits per heavy atom. The first-order valence-corrected chi connectivity index (χ1v) is 6.86. The Labute approximate surface area is 119 Å². The lowest BCUT2D eigenvalue weighted by Crippen LogP contribution is -2.60. The quantitative estimate of drug-likeness (QED) is 0.572. The van der Waals surface area contributed by atoms with Gasteiger partial charge in [0.2, 0.25) is 5.91 Å². The minimum Gasteiger partial charge on any atom is -0.481 e. The van der Waals surface area contributed by atoms with Crippen molar-refractivity contribution in [3.8, 4) is 0 Å². The number of piperazine rings is 1. The molecule has 1 unspecified atom stereocenters. The number of nitrogens with one attached hydrogen (secondary N) is 2. The van der Waals surface area contributed by atoms with E-state index in [2.05, 4.69) is 15.5 Å². The molecule has 3 N–H and O–H groups in total. The van der Waals surface area contributed by atoms with Crippen LogP contribution in [0, 0.1) is 0 Å². The summed E-state index contributed by atoms with van der Waals surface area (Å²) in [6.07, 6.45) is -0.625. The van der Waals surface area contributed by atoms with Gasteiger partial charge in [-0.2, -0.15) is 0 Å². The smallest absolute Gasteiger partial charge is 0.306 e. The summed E-state index contributed by atoms with van der Waals surface area (Å²) in [7, 11) is 1.45. The van der Waals surface area contributed by atoms with Gasteiger partial charge in [0.15, 0.2) is 0 Å². The highest BCUT2D eigenvalue weighted by Gasteiger charge is 2.35. The molecule has 1 rings (SSSR count). The lowest BCUT2D eigenvalue weighted by atomic mass is 10.0. The lowest BCUT2D eigenvalue weighted by molar-refractivity contribution is -0.140. The first-order valence-electron chi connectivity index (χ1n) is 6.86. The maximum atomic E-state index is 12.3. The topological polar surface area (TPSA) is 90.9 Å². The zero-order valence-corrected chi connectivity index (χ0v) is 12.4. The number of ether oxygens (including phenoxy) is 1. The first-order chi connectivity index (χ1) is 9.37. The van der Waals surface area contributed by atoms with Gasteiger partial charge >= 0.3 is 5.97 Å². The first kappa shape index (κ1) is 16.9. The molecule has 0 saturated carbocycles. The molecule has 1 heterocycles. The molecule has 0 aromatic rings. The summed E-state index contributed by atoms with van der Waals surface area (Å²) in [5.74, 6) is -1.04. The molecule has 1 aliphatic rings. The molecule has 1 aliphatic heterocycles. The second-order valence-electron chi connectivity index (χ2n) is 5.46. The molecule has 1 saturated heterocycles. The van der Waals surface area contributed by atoms with Gasteiger partial charge in [-0.15, -0.1) is 0 Å². The standard InChI is InChI=1S/C13H25N3O4/c1-13(2,16-6-4-14-5-7-16)12(19)15-9-10(20-3)8-11(17)18/h10,14H,4-9H2,1-3H3,(H,15,19)(H,17,18). The van der Waals surface area contributed by atoms with Crippen molar-refractivity contribution in [3.63, 3.8) is 0 Å². The largest absolute Gasteiger partial charge is 0.481 e. The van der Waals surface area contributed by atoms with Crippen LogP contribution in [0.3, 0.4) is 0 Å². The summed E-state index contributed by atoms with van der Waals surface area (Å²) >= 11 is 0. The van der Waals surface area contributed by atoms with Crippen molar-refractivity contribution in [3.05, 3.63) is 0 Å². The SMILES string of the molecule is COC(CNC(=O)C(C)(C)N1CCNCC1)CC(=O)O. The minimum atomic E-state index is -0.938. The molecule has 0 aromatic heterocycles. The second-order valence-corrected chi connectivity index (χ2v) is 5.46. The number of carboxylic acids is 1. The van der Waals surface area contributed by atoms with Crippen molar-refractivity contribution >= 4 is 11.9 Å². The van der Waals surface area contributed by atoms with E-state index >= 15 is 0 Å². The van der Waals surface area contributed by atoms with Crippen LogP contribution in [0.2, 0.25) is 0 Å². The van der Waals surface area contributed by atoms with Crippen LogP contribution in [0.25, 0.3) is 0 Å². The third kappa shape index (κ3) is 4.73. The number of hydrogen-bond donors (Lipinski definition) is 3. The molecule has 20 heavy (non-hydrogen) atoms. The van der Waals surface area contributed by atoms with E-state index in [1.165, 1.54) is 7.11 Å². The third-order valence-electron chi connectivity index (χ3n) is 3.69. The van der Waals surface area contributed by atoms with Crippen molar-refractivity contribution in [1.82, 2.24) is 15.5 Å². The molecule has 116 valence electrons. The van der Waals surface area contributed by atoms with E-state index in [4.69, 9.17) is 9.84 Å². The maximum absolute atomic E-state index is 12.3. The van der Waals surface area contributed by atoms with Gasteiger partial charge in [-0.05, 0) is 13.8 Å². The summed E-state index contributed by atoms with van der Waals surface area (Å²) in [6, 6.07) is 0. The predicted octanol–water partition coefficient (Wildman–Crippen LogP) is -0.724. The fraction of sp³-hybridized carbons (Fsp3) is 0.846. The molecular weight excluding hydrogens is 262 g/mol. The number of carboxylic acid groups (broad SMARTS) is 1. The average molecular weight is 287 g/mol. The summed E-state index contributed by atoms with van der Waals surface area (Å²) in [5, 5.41) is 14.8. The Balaban J connectivity index is 2.49. The van der Waals surface area contributed by atoms with Crippen LogP contribution in [-0.2, 0) is 14.3 Å². The van der Waals surface area contributed by atoms with Crippen LogP contribution in [0.15, 0.2) is 0 Å². The van der Waals surface area contributed by atoms with Crippen molar-refractivity contribution in [2.24, 2.45) is 0 Å². The van der Waals surface area contributed by atoms with Gasteiger partial charge in [0.1, 0.15) is 0 Å². The van der Waals surface area contributed by atoms with E-state index in [1.807, 2.05) is 13.8 Å². The zero-order valence-electron chi connectivity index (χ0n) is 12.4. The normalized spacial score (nSPS) is 18.6. The number of rotatable bonds is 7. The van der Waals surface area contributed by atoms with Gasteiger partial charge in [-0.3, -0.25) is 14.5 Å². The van der Waals surface area contributed by atoms with Gasteiger partial charge < -0.3 is 20.5 Å². The van der Waals surface area contributed by atoms with Crippen LogP contribution < -0.4 is 10.6 Å². The molecule has 0 bridgehead atoms. The van der Waals surface area contributed by atoms with Gasteiger partial charge in [0.25, 0.3) is 0 Å². The van der Waals surface area contributed by atoms with E-state index in [0.29, 0.717) is 0 Å². The number of nitrogens with zero attached hydrogens (tertiary/aromatic N) is 1. The number of amides is 1. The highest BCUT2D eigenvalue weighted by Crippen LogP contribution is 2.15. The summed E-state index contributed by atoms with van der Waals surface area (Å²) in [5.41, 5.74) is -0.608.